The molecule has 0 aromatic heterocycles. The Morgan fingerprint density at radius 1 is 1.53 bits per heavy atom. The molecule has 0 aliphatic carbocycles. The van der Waals surface area contributed by atoms with Gasteiger partial charge in [-0.1, -0.05) is 0 Å². The molecule has 0 saturated carbocycles. The van der Waals surface area contributed by atoms with E-state index in [9.17, 15) is 13.6 Å². The fourth-order valence-electron chi connectivity index (χ4n) is 1.31. The van der Waals surface area contributed by atoms with Crippen LogP contribution in [0.25, 0.3) is 0 Å². The first kappa shape index (κ1) is 13.9. The Balaban J connectivity index is 2.48. The number of halogens is 2. The number of carbonyl (C=O) groups is 1. The van der Waals surface area contributed by atoms with Crippen LogP contribution in [0.15, 0.2) is 23.1 Å². The third-order valence-corrected chi connectivity index (χ3v) is 3.33. The standard InChI is InChI=1S/C11H14F2N2OS/c1-15-9(11(14)16)4-5-17-10-3-2-7(12)6-8(10)13/h2-3,6,9,15H,4-5H2,1H3,(H2,14,16). The van der Waals surface area contributed by atoms with E-state index in [-0.39, 0.29) is 0 Å². The third-order valence-electron chi connectivity index (χ3n) is 2.25. The fraction of sp³-hybridized carbons (Fsp3) is 0.364. The first-order chi connectivity index (χ1) is 8.04. The van der Waals surface area contributed by atoms with Crippen LogP contribution in [-0.2, 0) is 4.79 Å². The summed E-state index contributed by atoms with van der Waals surface area (Å²) in [7, 11) is 1.64. The minimum Gasteiger partial charge on any atom is -0.368 e. The van der Waals surface area contributed by atoms with E-state index in [0.29, 0.717) is 17.1 Å². The molecule has 0 heterocycles. The van der Waals surface area contributed by atoms with Gasteiger partial charge in [0.25, 0.3) is 0 Å². The number of nitrogens with one attached hydrogen (secondary N) is 1. The molecule has 94 valence electrons. The highest BCUT2D eigenvalue weighted by atomic mass is 32.2. The second-order valence-electron chi connectivity index (χ2n) is 3.46. The lowest BCUT2D eigenvalue weighted by molar-refractivity contribution is -0.119. The number of thioether (sulfide) groups is 1. The van der Waals surface area contributed by atoms with Crippen molar-refractivity contribution in [1.82, 2.24) is 5.32 Å². The molecule has 6 heteroatoms. The van der Waals surface area contributed by atoms with Crippen LogP contribution >= 0.6 is 11.8 Å². The first-order valence-electron chi connectivity index (χ1n) is 5.09. The molecular formula is C11H14F2N2OS. The van der Waals surface area contributed by atoms with Crippen LogP contribution in [0.3, 0.4) is 0 Å². The zero-order chi connectivity index (χ0) is 12.8. The highest BCUT2D eigenvalue weighted by Crippen LogP contribution is 2.23. The van der Waals surface area contributed by atoms with Crippen LogP contribution in [0.4, 0.5) is 8.78 Å². The van der Waals surface area contributed by atoms with E-state index in [2.05, 4.69) is 5.32 Å². The number of carbonyl (C=O) groups excluding carboxylic acids is 1. The average molecular weight is 260 g/mol. The van der Waals surface area contributed by atoms with E-state index in [4.69, 9.17) is 5.73 Å². The highest BCUT2D eigenvalue weighted by Gasteiger charge is 2.12. The summed E-state index contributed by atoms with van der Waals surface area (Å²) < 4.78 is 25.9. The van der Waals surface area contributed by atoms with Crippen molar-refractivity contribution in [1.29, 1.82) is 0 Å². The topological polar surface area (TPSA) is 55.1 Å². The summed E-state index contributed by atoms with van der Waals surface area (Å²) in [6.45, 7) is 0. The molecule has 3 nitrogen and oxygen atoms in total. The van der Waals surface area contributed by atoms with Gasteiger partial charge in [-0.15, -0.1) is 11.8 Å². The normalized spacial score (nSPS) is 12.4. The van der Waals surface area contributed by atoms with E-state index in [1.807, 2.05) is 0 Å². The van der Waals surface area contributed by atoms with Gasteiger partial charge in [0.2, 0.25) is 5.91 Å². The maximum Gasteiger partial charge on any atom is 0.234 e. The number of rotatable bonds is 6. The number of benzene rings is 1. The van der Waals surface area contributed by atoms with Crippen molar-refractivity contribution < 1.29 is 13.6 Å². The minimum absolute atomic E-state index is 0.366. The minimum atomic E-state index is -0.600. The molecule has 0 saturated heterocycles. The Bertz CT molecular complexity index is 401. The summed E-state index contributed by atoms with van der Waals surface area (Å²) in [6, 6.07) is 3.00. The lowest BCUT2D eigenvalue weighted by Crippen LogP contribution is -2.39. The zero-order valence-electron chi connectivity index (χ0n) is 9.37. The van der Waals surface area contributed by atoms with Crippen LogP contribution in [0.1, 0.15) is 6.42 Å². The summed E-state index contributed by atoms with van der Waals surface area (Å²) >= 11 is 1.23. The Labute approximate surface area is 103 Å². The fourth-order valence-corrected chi connectivity index (χ4v) is 2.24. The first-order valence-corrected chi connectivity index (χ1v) is 6.07. The van der Waals surface area contributed by atoms with Gasteiger partial charge in [-0.05, 0) is 25.6 Å². The maximum atomic E-state index is 13.2. The smallest absolute Gasteiger partial charge is 0.234 e. The van der Waals surface area contributed by atoms with Gasteiger partial charge in [-0.25, -0.2) is 8.78 Å². The van der Waals surface area contributed by atoms with Crippen molar-refractivity contribution in [3.63, 3.8) is 0 Å². The molecule has 1 aromatic rings. The van der Waals surface area contributed by atoms with Crippen molar-refractivity contribution in [2.24, 2.45) is 5.73 Å². The third kappa shape index (κ3) is 4.32. The van der Waals surface area contributed by atoms with Gasteiger partial charge in [0, 0.05) is 16.7 Å². The molecule has 0 radical (unpaired) electrons. The molecule has 1 atom stereocenters. The molecule has 1 unspecified atom stereocenters. The van der Waals surface area contributed by atoms with Crippen molar-refractivity contribution in [2.45, 2.75) is 17.4 Å². The molecule has 1 aromatic carbocycles. The zero-order valence-corrected chi connectivity index (χ0v) is 10.2. The highest BCUT2D eigenvalue weighted by molar-refractivity contribution is 7.99. The Morgan fingerprint density at radius 3 is 2.76 bits per heavy atom. The predicted molar refractivity (Wildman–Crippen MR) is 63.7 cm³/mol. The Morgan fingerprint density at radius 2 is 2.24 bits per heavy atom. The number of nitrogens with two attached hydrogens (primary N) is 1. The number of primary amides is 1. The van der Waals surface area contributed by atoms with E-state index < -0.39 is 23.6 Å². The van der Waals surface area contributed by atoms with E-state index >= 15 is 0 Å². The second kappa shape index (κ2) is 6.56. The lowest BCUT2D eigenvalue weighted by Gasteiger charge is -2.11. The van der Waals surface area contributed by atoms with Gasteiger partial charge < -0.3 is 11.1 Å². The Hall–Kier alpha value is -1.14. The van der Waals surface area contributed by atoms with Crippen molar-refractivity contribution in [3.8, 4) is 0 Å². The van der Waals surface area contributed by atoms with Crippen molar-refractivity contribution in [2.75, 3.05) is 12.8 Å². The molecule has 17 heavy (non-hydrogen) atoms. The second-order valence-corrected chi connectivity index (χ2v) is 4.59. The van der Waals surface area contributed by atoms with Gasteiger partial charge in [-0.2, -0.15) is 0 Å². The van der Waals surface area contributed by atoms with Crippen LogP contribution in [0.2, 0.25) is 0 Å². The molecule has 1 amide bonds. The van der Waals surface area contributed by atoms with Crippen LogP contribution < -0.4 is 11.1 Å². The SMILES string of the molecule is CNC(CCSc1ccc(F)cc1F)C(N)=O. The summed E-state index contributed by atoms with van der Waals surface area (Å²) in [5.74, 6) is -1.10. The number of hydrogen-bond donors (Lipinski definition) is 2. The Kier molecular flexibility index (Phi) is 5.37. The maximum absolute atomic E-state index is 13.2. The molecule has 0 bridgehead atoms. The molecule has 0 spiro atoms. The molecule has 3 N–H and O–H groups in total. The monoisotopic (exact) mass is 260 g/mol. The average Bonchev–Trinajstić information content (AvgIpc) is 2.26. The molecule has 0 fully saturated rings. The number of amides is 1. The van der Waals surface area contributed by atoms with Crippen molar-refractivity contribution in [3.05, 3.63) is 29.8 Å². The van der Waals surface area contributed by atoms with Gasteiger partial charge in [0.1, 0.15) is 11.6 Å². The van der Waals surface area contributed by atoms with Crippen molar-refractivity contribution >= 4 is 17.7 Å². The van der Waals surface area contributed by atoms with Gasteiger partial charge >= 0.3 is 0 Å². The van der Waals surface area contributed by atoms with Crippen LogP contribution in [0, 0.1) is 11.6 Å². The summed E-state index contributed by atoms with van der Waals surface area (Å²) in [5, 5.41) is 2.77. The quantitative estimate of drug-likeness (QED) is 0.762. The van der Waals surface area contributed by atoms with E-state index in [1.54, 1.807) is 7.05 Å². The van der Waals surface area contributed by atoms with Gasteiger partial charge in [-0.3, -0.25) is 4.79 Å². The molecular weight excluding hydrogens is 246 g/mol. The van der Waals surface area contributed by atoms with Gasteiger partial charge in [0.15, 0.2) is 0 Å². The predicted octanol–water partition coefficient (Wildman–Crippen LogP) is 1.52. The molecule has 1 rings (SSSR count). The molecule has 0 aliphatic rings. The summed E-state index contributed by atoms with van der Waals surface area (Å²) in [4.78, 5) is 11.3. The number of hydrogen-bond acceptors (Lipinski definition) is 3. The van der Waals surface area contributed by atoms with Gasteiger partial charge in [0.05, 0.1) is 6.04 Å². The summed E-state index contributed by atoms with van der Waals surface area (Å²) in [6.07, 6.45) is 0.493. The molecule has 0 aliphatic heterocycles. The van der Waals surface area contributed by atoms with Crippen LogP contribution in [-0.4, -0.2) is 24.7 Å². The number of likely N-dealkylation sites (N-methyl/N-ethyl adjacent to an activating group) is 1. The lowest BCUT2D eigenvalue weighted by atomic mass is 10.2. The van der Waals surface area contributed by atoms with E-state index in [0.717, 1.165) is 6.07 Å². The van der Waals surface area contributed by atoms with Crippen LogP contribution in [0.5, 0.6) is 0 Å². The largest absolute Gasteiger partial charge is 0.368 e. The summed E-state index contributed by atoms with van der Waals surface area (Å²) in [5.41, 5.74) is 5.14. The van der Waals surface area contributed by atoms with E-state index in [1.165, 1.54) is 23.9 Å².